The van der Waals surface area contributed by atoms with Crippen LogP contribution >= 0.6 is 0 Å². The van der Waals surface area contributed by atoms with Crippen LogP contribution in [-0.2, 0) is 0 Å². The second-order valence-corrected chi connectivity index (χ2v) is 4.18. The number of hydrogen-bond donors (Lipinski definition) is 1. The first-order valence-corrected chi connectivity index (χ1v) is 5.87. The number of nitrogens with zero attached hydrogens (tertiary/aromatic N) is 1. The second-order valence-electron chi connectivity index (χ2n) is 4.18. The van der Waals surface area contributed by atoms with Crippen molar-refractivity contribution in [2.24, 2.45) is 0 Å². The SMILES string of the molecule is C[C@H](O)c1cc(F)ccc1Oc1cccc(F)c1C#N. The molecule has 3 nitrogen and oxygen atoms in total. The molecule has 1 atom stereocenters. The molecule has 0 saturated heterocycles. The van der Waals surface area contributed by atoms with E-state index < -0.39 is 17.7 Å². The molecule has 1 N–H and O–H groups in total. The summed E-state index contributed by atoms with van der Waals surface area (Å²) in [5.74, 6) is -1.04. The highest BCUT2D eigenvalue weighted by Gasteiger charge is 2.15. The van der Waals surface area contributed by atoms with Gasteiger partial charge in [-0.15, -0.1) is 0 Å². The third kappa shape index (κ3) is 2.76. The van der Waals surface area contributed by atoms with Crippen molar-refractivity contribution < 1.29 is 18.6 Å². The summed E-state index contributed by atoms with van der Waals surface area (Å²) in [5, 5.41) is 18.5. The molecule has 2 aromatic carbocycles. The number of aliphatic hydroxyl groups is 1. The van der Waals surface area contributed by atoms with Gasteiger partial charge >= 0.3 is 0 Å². The highest BCUT2D eigenvalue weighted by atomic mass is 19.1. The minimum atomic E-state index is -0.959. The normalized spacial score (nSPS) is 11.8. The molecular weight excluding hydrogens is 264 g/mol. The van der Waals surface area contributed by atoms with Gasteiger partial charge in [0.25, 0.3) is 0 Å². The number of ether oxygens (including phenoxy) is 1. The van der Waals surface area contributed by atoms with Crippen LogP contribution in [0.3, 0.4) is 0 Å². The van der Waals surface area contributed by atoms with Gasteiger partial charge in [0, 0.05) is 5.56 Å². The number of nitriles is 1. The lowest BCUT2D eigenvalue weighted by Gasteiger charge is -2.14. The molecule has 102 valence electrons. The Labute approximate surface area is 114 Å². The average molecular weight is 275 g/mol. The molecule has 0 amide bonds. The van der Waals surface area contributed by atoms with Crippen molar-refractivity contribution in [3.05, 3.63) is 59.2 Å². The predicted molar refractivity (Wildman–Crippen MR) is 68.2 cm³/mol. The third-order valence-electron chi connectivity index (χ3n) is 2.73. The van der Waals surface area contributed by atoms with Gasteiger partial charge in [-0.25, -0.2) is 8.78 Å². The van der Waals surface area contributed by atoms with Gasteiger partial charge < -0.3 is 9.84 Å². The molecule has 0 fully saturated rings. The van der Waals surface area contributed by atoms with E-state index in [-0.39, 0.29) is 22.6 Å². The number of rotatable bonds is 3. The van der Waals surface area contributed by atoms with Crippen molar-refractivity contribution in [3.8, 4) is 17.6 Å². The molecule has 0 spiro atoms. The molecule has 0 heterocycles. The predicted octanol–water partition coefficient (Wildman–Crippen LogP) is 3.68. The lowest BCUT2D eigenvalue weighted by molar-refractivity contribution is 0.195. The van der Waals surface area contributed by atoms with Gasteiger partial charge in [-0.05, 0) is 37.3 Å². The summed E-state index contributed by atoms with van der Waals surface area (Å²) in [6, 6.07) is 9.29. The highest BCUT2D eigenvalue weighted by molar-refractivity contribution is 5.47. The topological polar surface area (TPSA) is 53.2 Å². The van der Waals surface area contributed by atoms with Gasteiger partial charge in [0.1, 0.15) is 34.8 Å². The van der Waals surface area contributed by atoms with Crippen molar-refractivity contribution in [2.45, 2.75) is 13.0 Å². The molecule has 0 radical (unpaired) electrons. The second kappa shape index (κ2) is 5.68. The van der Waals surface area contributed by atoms with Crippen molar-refractivity contribution in [1.82, 2.24) is 0 Å². The molecule has 20 heavy (non-hydrogen) atoms. The largest absolute Gasteiger partial charge is 0.455 e. The molecule has 0 aromatic heterocycles. The van der Waals surface area contributed by atoms with Crippen LogP contribution in [0.2, 0.25) is 0 Å². The average Bonchev–Trinajstić information content (AvgIpc) is 2.41. The Kier molecular flexibility index (Phi) is 3.97. The monoisotopic (exact) mass is 275 g/mol. The standard InChI is InChI=1S/C15H11F2NO2/c1-9(19)11-7-10(16)5-6-15(11)20-14-4-2-3-13(17)12(14)8-18/h2-7,9,19H,1H3/t9-/m0/s1. The maximum atomic E-state index is 13.5. The van der Waals surface area contributed by atoms with E-state index in [1.54, 1.807) is 6.07 Å². The lowest BCUT2D eigenvalue weighted by atomic mass is 10.1. The van der Waals surface area contributed by atoms with Crippen molar-refractivity contribution >= 4 is 0 Å². The van der Waals surface area contributed by atoms with Gasteiger partial charge in [-0.2, -0.15) is 5.26 Å². The number of benzene rings is 2. The molecule has 2 aromatic rings. The van der Waals surface area contributed by atoms with E-state index in [2.05, 4.69) is 0 Å². The maximum Gasteiger partial charge on any atom is 0.148 e. The molecule has 5 heteroatoms. The van der Waals surface area contributed by atoms with Crippen molar-refractivity contribution in [2.75, 3.05) is 0 Å². The van der Waals surface area contributed by atoms with Gasteiger partial charge in [-0.1, -0.05) is 6.07 Å². The van der Waals surface area contributed by atoms with Gasteiger partial charge in [0.2, 0.25) is 0 Å². The van der Waals surface area contributed by atoms with Gasteiger partial charge in [0.05, 0.1) is 6.10 Å². The summed E-state index contributed by atoms with van der Waals surface area (Å²) in [6.07, 6.45) is -0.959. The van der Waals surface area contributed by atoms with Crippen LogP contribution in [-0.4, -0.2) is 5.11 Å². The Morgan fingerprint density at radius 2 is 1.95 bits per heavy atom. The fourth-order valence-electron chi connectivity index (χ4n) is 1.76. The van der Waals surface area contributed by atoms with Crippen LogP contribution in [0.15, 0.2) is 36.4 Å². The Balaban J connectivity index is 2.46. The van der Waals surface area contributed by atoms with Crippen LogP contribution in [0.1, 0.15) is 24.2 Å². The summed E-state index contributed by atoms with van der Waals surface area (Å²) in [4.78, 5) is 0. The quantitative estimate of drug-likeness (QED) is 0.929. The highest BCUT2D eigenvalue weighted by Crippen LogP contribution is 2.32. The molecule has 0 aliphatic carbocycles. The van der Waals surface area contributed by atoms with Crippen LogP contribution in [0.4, 0.5) is 8.78 Å². The van der Waals surface area contributed by atoms with Crippen LogP contribution in [0.25, 0.3) is 0 Å². The summed E-state index contributed by atoms with van der Waals surface area (Å²) in [5.41, 5.74) is -0.0217. The van der Waals surface area contributed by atoms with E-state index in [4.69, 9.17) is 10.00 Å². The Bertz CT molecular complexity index is 678. The van der Waals surface area contributed by atoms with Crippen molar-refractivity contribution in [1.29, 1.82) is 5.26 Å². The van der Waals surface area contributed by atoms with Crippen molar-refractivity contribution in [3.63, 3.8) is 0 Å². The van der Waals surface area contributed by atoms with E-state index >= 15 is 0 Å². The van der Waals surface area contributed by atoms with Crippen LogP contribution in [0, 0.1) is 23.0 Å². The number of aliphatic hydroxyl groups excluding tert-OH is 1. The Hall–Kier alpha value is -2.45. The van der Waals surface area contributed by atoms with E-state index in [1.807, 2.05) is 0 Å². The maximum absolute atomic E-state index is 13.5. The minimum absolute atomic E-state index is 0.0148. The molecular formula is C15H11F2NO2. The van der Waals surface area contributed by atoms with E-state index in [0.29, 0.717) is 0 Å². The molecule has 0 unspecified atom stereocenters. The summed E-state index contributed by atoms with van der Waals surface area (Å²) < 4.78 is 32.1. The van der Waals surface area contributed by atoms with E-state index in [1.165, 1.54) is 25.1 Å². The smallest absolute Gasteiger partial charge is 0.148 e. The molecule has 0 bridgehead atoms. The van der Waals surface area contributed by atoms with E-state index in [9.17, 15) is 13.9 Å². The Morgan fingerprint density at radius 3 is 2.60 bits per heavy atom. The molecule has 2 rings (SSSR count). The summed E-state index contributed by atoms with van der Waals surface area (Å²) in [7, 11) is 0. The van der Waals surface area contributed by atoms with Crippen LogP contribution in [0.5, 0.6) is 11.5 Å². The number of halogens is 2. The zero-order chi connectivity index (χ0) is 14.7. The first-order valence-electron chi connectivity index (χ1n) is 5.87. The summed E-state index contributed by atoms with van der Waals surface area (Å²) in [6.45, 7) is 1.46. The van der Waals surface area contributed by atoms with Gasteiger partial charge in [-0.3, -0.25) is 0 Å². The third-order valence-corrected chi connectivity index (χ3v) is 2.73. The summed E-state index contributed by atoms with van der Waals surface area (Å²) >= 11 is 0. The fraction of sp³-hybridized carbons (Fsp3) is 0.133. The first kappa shape index (κ1) is 14.0. The molecule has 0 aliphatic rings. The molecule has 0 saturated carbocycles. The number of hydrogen-bond acceptors (Lipinski definition) is 3. The zero-order valence-corrected chi connectivity index (χ0v) is 10.6. The van der Waals surface area contributed by atoms with Crippen LogP contribution < -0.4 is 4.74 Å². The lowest BCUT2D eigenvalue weighted by Crippen LogP contribution is -1.99. The molecule has 0 aliphatic heterocycles. The fourth-order valence-corrected chi connectivity index (χ4v) is 1.76. The first-order chi connectivity index (χ1) is 9.52. The van der Waals surface area contributed by atoms with E-state index in [0.717, 1.165) is 18.2 Å². The zero-order valence-electron chi connectivity index (χ0n) is 10.6. The minimum Gasteiger partial charge on any atom is -0.455 e. The van der Waals surface area contributed by atoms with Gasteiger partial charge in [0.15, 0.2) is 0 Å². The Morgan fingerprint density at radius 1 is 1.20 bits per heavy atom.